The van der Waals surface area contributed by atoms with Crippen LogP contribution in [0.15, 0.2) is 29.4 Å². The van der Waals surface area contributed by atoms with Gasteiger partial charge >= 0.3 is 5.97 Å². The normalized spacial score (nSPS) is 12.0. The van der Waals surface area contributed by atoms with Gasteiger partial charge in [0.15, 0.2) is 6.10 Å². The molecule has 164 valence electrons. The zero-order valence-electron chi connectivity index (χ0n) is 18.3. The fourth-order valence-electron chi connectivity index (χ4n) is 3.29. The number of carbonyl (C=O) groups excluding carboxylic acids is 2. The summed E-state index contributed by atoms with van der Waals surface area (Å²) in [5.41, 5.74) is 3.09. The van der Waals surface area contributed by atoms with Crippen molar-refractivity contribution in [3.05, 3.63) is 46.8 Å². The molecule has 0 N–H and O–H groups in total. The summed E-state index contributed by atoms with van der Waals surface area (Å²) in [6, 6.07) is 6.80. The van der Waals surface area contributed by atoms with Crippen LogP contribution in [0.3, 0.4) is 0 Å². The predicted molar refractivity (Wildman–Crippen MR) is 118 cm³/mol. The first-order valence-electron chi connectivity index (χ1n) is 10.1. The highest BCUT2D eigenvalue weighted by Gasteiger charge is 2.21. The number of fused-ring (bicyclic) bond motifs is 1. The predicted octanol–water partition coefficient (Wildman–Crippen LogP) is 3.61. The number of hydrogen-bond acceptors (Lipinski definition) is 8. The van der Waals surface area contributed by atoms with E-state index in [1.54, 1.807) is 35.7 Å². The molecule has 0 amide bonds. The first-order chi connectivity index (χ1) is 14.8. The maximum absolute atomic E-state index is 12.6. The molecular formula is C22H26N4O4S. The maximum atomic E-state index is 12.6. The maximum Gasteiger partial charge on any atom is 0.306 e. The number of carbonyl (C=O) groups is 2. The van der Waals surface area contributed by atoms with Gasteiger partial charge in [0.2, 0.25) is 10.9 Å². The van der Waals surface area contributed by atoms with Gasteiger partial charge in [-0.1, -0.05) is 11.8 Å². The molecule has 0 aliphatic carbocycles. The molecule has 0 saturated carbocycles. The monoisotopic (exact) mass is 442 g/mol. The second kappa shape index (κ2) is 9.91. The number of hydrogen-bond donors (Lipinski definition) is 0. The molecule has 0 radical (unpaired) electrons. The number of ketones is 1. The van der Waals surface area contributed by atoms with Crippen LogP contribution in [-0.4, -0.2) is 50.3 Å². The van der Waals surface area contributed by atoms with Gasteiger partial charge in [-0.25, -0.2) is 9.50 Å². The summed E-state index contributed by atoms with van der Waals surface area (Å²) in [5, 5.41) is 5.07. The molecule has 3 aromatic rings. The molecule has 0 aliphatic heterocycles. The Balaban J connectivity index is 1.62. The van der Waals surface area contributed by atoms with Crippen molar-refractivity contribution in [3.63, 3.8) is 0 Å². The third kappa shape index (κ3) is 5.22. The third-order valence-corrected chi connectivity index (χ3v) is 5.46. The van der Waals surface area contributed by atoms with Crippen molar-refractivity contribution in [1.29, 1.82) is 0 Å². The Bertz CT molecular complexity index is 1100. The molecule has 1 aromatic carbocycles. The average Bonchev–Trinajstić information content (AvgIpc) is 3.17. The highest BCUT2D eigenvalue weighted by molar-refractivity contribution is 7.98. The van der Waals surface area contributed by atoms with E-state index >= 15 is 0 Å². The number of aryl methyl sites for hydroxylation is 2. The van der Waals surface area contributed by atoms with Crippen LogP contribution in [0, 0.1) is 13.8 Å². The molecule has 0 aliphatic rings. The van der Waals surface area contributed by atoms with Gasteiger partial charge in [-0.05, 0) is 70.2 Å². The molecule has 31 heavy (non-hydrogen) atoms. The van der Waals surface area contributed by atoms with E-state index in [9.17, 15) is 9.59 Å². The van der Waals surface area contributed by atoms with Gasteiger partial charge in [-0.15, -0.1) is 5.10 Å². The molecule has 0 bridgehead atoms. The Labute approximate surface area is 185 Å². The second-order valence-corrected chi connectivity index (χ2v) is 7.80. The minimum absolute atomic E-state index is 0.139. The molecule has 1 unspecified atom stereocenters. The fourth-order valence-corrected chi connectivity index (χ4v) is 3.63. The van der Waals surface area contributed by atoms with Crippen molar-refractivity contribution in [3.8, 4) is 5.75 Å². The molecule has 3 rings (SSSR count). The lowest BCUT2D eigenvalue weighted by Gasteiger charge is -2.14. The minimum Gasteiger partial charge on any atom is -0.494 e. The number of benzene rings is 1. The summed E-state index contributed by atoms with van der Waals surface area (Å²) in [5.74, 6) is 0.547. The summed E-state index contributed by atoms with van der Waals surface area (Å²) in [4.78, 5) is 33.8. The molecule has 0 spiro atoms. The van der Waals surface area contributed by atoms with Crippen molar-refractivity contribution >= 4 is 29.3 Å². The molecule has 0 saturated heterocycles. The number of rotatable bonds is 9. The van der Waals surface area contributed by atoms with Crippen molar-refractivity contribution in [1.82, 2.24) is 19.6 Å². The third-order valence-electron chi connectivity index (χ3n) is 4.92. The Kier molecular flexibility index (Phi) is 7.27. The highest BCUT2D eigenvalue weighted by atomic mass is 32.2. The fraction of sp³-hybridized carbons (Fsp3) is 0.409. The number of aromatic nitrogens is 4. The summed E-state index contributed by atoms with van der Waals surface area (Å²) in [6.07, 6.45) is 1.62. The molecular weight excluding hydrogens is 416 g/mol. The van der Waals surface area contributed by atoms with Crippen molar-refractivity contribution in [2.75, 3.05) is 12.9 Å². The van der Waals surface area contributed by atoms with Crippen LogP contribution < -0.4 is 4.74 Å². The van der Waals surface area contributed by atoms with Gasteiger partial charge in [-0.2, -0.15) is 4.98 Å². The quantitative estimate of drug-likeness (QED) is 0.282. The van der Waals surface area contributed by atoms with Gasteiger partial charge in [0.1, 0.15) is 5.75 Å². The largest absolute Gasteiger partial charge is 0.494 e. The number of ether oxygens (including phenoxy) is 2. The standard InChI is InChI=1S/C22H26N4O4S/c1-6-29-17-9-7-16(8-10-17)20(28)15(4)30-19(27)12-11-18-13(2)23-21-24-22(31-5)25-26(21)14(18)3/h7-10,15H,6,11-12H2,1-5H3. The zero-order chi connectivity index (χ0) is 22.5. The average molecular weight is 443 g/mol. The van der Waals surface area contributed by atoms with Crippen molar-refractivity contribution in [2.45, 2.75) is 51.8 Å². The van der Waals surface area contributed by atoms with Crippen LogP contribution in [0.2, 0.25) is 0 Å². The molecule has 9 heteroatoms. The van der Waals surface area contributed by atoms with E-state index in [0.717, 1.165) is 17.0 Å². The SMILES string of the molecule is CCOc1ccc(C(=O)C(C)OC(=O)CCc2c(C)nc3nc(SC)nn3c2C)cc1. The van der Waals surface area contributed by atoms with E-state index in [2.05, 4.69) is 15.1 Å². The molecule has 2 aromatic heterocycles. The Hall–Kier alpha value is -2.94. The molecule has 1 atom stereocenters. The molecule has 8 nitrogen and oxygen atoms in total. The Morgan fingerprint density at radius 3 is 2.52 bits per heavy atom. The minimum atomic E-state index is -0.868. The lowest BCUT2D eigenvalue weighted by Crippen LogP contribution is -2.24. The van der Waals surface area contributed by atoms with Crippen LogP contribution in [0.1, 0.15) is 47.6 Å². The topological polar surface area (TPSA) is 95.7 Å². The summed E-state index contributed by atoms with van der Waals surface area (Å²) >= 11 is 1.45. The number of thioether (sulfide) groups is 1. The molecule has 0 fully saturated rings. The van der Waals surface area contributed by atoms with E-state index in [1.807, 2.05) is 27.0 Å². The van der Waals surface area contributed by atoms with Crippen LogP contribution in [0.25, 0.3) is 5.78 Å². The van der Waals surface area contributed by atoms with E-state index in [-0.39, 0.29) is 12.2 Å². The van der Waals surface area contributed by atoms with E-state index in [0.29, 0.717) is 35.3 Å². The van der Waals surface area contributed by atoms with Gasteiger partial charge in [0.25, 0.3) is 5.78 Å². The van der Waals surface area contributed by atoms with Gasteiger partial charge in [0.05, 0.1) is 6.61 Å². The Morgan fingerprint density at radius 2 is 1.87 bits per heavy atom. The van der Waals surface area contributed by atoms with Gasteiger partial charge in [0, 0.05) is 23.4 Å². The smallest absolute Gasteiger partial charge is 0.306 e. The number of Topliss-reactive ketones (excluding diaryl/α,β-unsaturated/α-hetero) is 1. The first kappa shape index (κ1) is 22.7. The van der Waals surface area contributed by atoms with Crippen LogP contribution in [0.5, 0.6) is 5.75 Å². The van der Waals surface area contributed by atoms with Crippen molar-refractivity contribution < 1.29 is 19.1 Å². The second-order valence-electron chi connectivity index (χ2n) is 7.03. The number of esters is 1. The summed E-state index contributed by atoms with van der Waals surface area (Å²) in [6.45, 7) is 7.85. The van der Waals surface area contributed by atoms with Crippen LogP contribution >= 0.6 is 11.8 Å². The lowest BCUT2D eigenvalue weighted by atomic mass is 10.1. The molecule has 2 heterocycles. The summed E-state index contributed by atoms with van der Waals surface area (Å²) < 4.78 is 12.4. The lowest BCUT2D eigenvalue weighted by molar-refractivity contribution is -0.146. The first-order valence-corrected chi connectivity index (χ1v) is 11.3. The Morgan fingerprint density at radius 1 is 1.16 bits per heavy atom. The van der Waals surface area contributed by atoms with Crippen LogP contribution in [0.4, 0.5) is 0 Å². The van der Waals surface area contributed by atoms with Gasteiger partial charge < -0.3 is 9.47 Å². The van der Waals surface area contributed by atoms with Gasteiger partial charge in [-0.3, -0.25) is 9.59 Å². The number of nitrogens with zero attached hydrogens (tertiary/aromatic N) is 4. The zero-order valence-corrected chi connectivity index (χ0v) is 19.2. The van der Waals surface area contributed by atoms with Crippen LogP contribution in [-0.2, 0) is 16.0 Å². The van der Waals surface area contributed by atoms with E-state index < -0.39 is 12.1 Å². The van der Waals surface area contributed by atoms with E-state index in [1.165, 1.54) is 11.8 Å². The highest BCUT2D eigenvalue weighted by Crippen LogP contribution is 2.19. The van der Waals surface area contributed by atoms with Crippen molar-refractivity contribution in [2.24, 2.45) is 0 Å². The summed E-state index contributed by atoms with van der Waals surface area (Å²) in [7, 11) is 0. The van der Waals surface area contributed by atoms with E-state index in [4.69, 9.17) is 9.47 Å².